The molecule has 0 aliphatic heterocycles. The van der Waals surface area contributed by atoms with Crippen molar-refractivity contribution in [1.82, 2.24) is 10.2 Å². The highest BCUT2D eigenvalue weighted by molar-refractivity contribution is 5.21. The molecule has 0 saturated heterocycles. The number of nitriles is 1. The van der Waals surface area contributed by atoms with Crippen molar-refractivity contribution >= 4 is 0 Å². The molecule has 1 rings (SSSR count). The van der Waals surface area contributed by atoms with Crippen LogP contribution < -0.4 is 0 Å². The third-order valence-electron chi connectivity index (χ3n) is 1.20. The first-order valence-electron chi connectivity index (χ1n) is 2.94. The van der Waals surface area contributed by atoms with E-state index in [0.29, 0.717) is 0 Å². The van der Waals surface area contributed by atoms with Crippen LogP contribution in [-0.4, -0.2) is 10.2 Å². The summed E-state index contributed by atoms with van der Waals surface area (Å²) in [6.07, 6.45) is -3.08. The van der Waals surface area contributed by atoms with Crippen LogP contribution in [0.25, 0.3) is 0 Å². The van der Waals surface area contributed by atoms with Gasteiger partial charge < -0.3 is 0 Å². The molecule has 1 radical (unpaired) electrons. The molecule has 0 bridgehead atoms. The molecule has 0 saturated carbocycles. The molecule has 1 aromatic heterocycles. The fourth-order valence-corrected chi connectivity index (χ4v) is 0.716. The van der Waals surface area contributed by atoms with Crippen LogP contribution in [0.1, 0.15) is 11.3 Å². The Hall–Kier alpha value is -1.51. The van der Waals surface area contributed by atoms with E-state index >= 15 is 0 Å². The molecule has 0 spiro atoms. The largest absolute Gasteiger partial charge is 0.420 e. The highest BCUT2D eigenvalue weighted by Gasteiger charge is 2.35. The number of nitrogens with zero attached hydrogens (tertiary/aromatic N) is 2. The fourth-order valence-electron chi connectivity index (χ4n) is 0.716. The van der Waals surface area contributed by atoms with Gasteiger partial charge in [-0.1, -0.05) is 0 Å². The average molecular weight is 174 g/mol. The maximum absolute atomic E-state index is 12.0. The highest BCUT2D eigenvalue weighted by atomic mass is 19.4. The second-order valence-corrected chi connectivity index (χ2v) is 2.02. The Balaban J connectivity index is 3.01. The molecule has 1 heterocycles. The lowest BCUT2D eigenvalue weighted by Crippen LogP contribution is -2.07. The summed E-state index contributed by atoms with van der Waals surface area (Å²) in [5, 5.41) is 13.3. The van der Waals surface area contributed by atoms with Crippen molar-refractivity contribution in [2.24, 2.45) is 0 Å². The Labute approximate surface area is 65.8 Å². The van der Waals surface area contributed by atoms with Crippen LogP contribution in [0.2, 0.25) is 0 Å². The van der Waals surface area contributed by atoms with Gasteiger partial charge in [0.15, 0.2) is 0 Å². The first-order valence-corrected chi connectivity index (χ1v) is 2.94. The number of nitrogens with one attached hydrogen (secondary N) is 1. The molecule has 3 nitrogen and oxygen atoms in total. The van der Waals surface area contributed by atoms with Crippen LogP contribution >= 0.6 is 0 Å². The molecule has 63 valence electrons. The smallest absolute Gasteiger partial charge is 0.280 e. The minimum Gasteiger partial charge on any atom is -0.280 e. The number of rotatable bonds is 1. The van der Waals surface area contributed by atoms with Crippen molar-refractivity contribution in [3.63, 3.8) is 0 Å². The molecular formula is C6H3F3N3. The molecule has 1 N–H and O–H groups in total. The quantitative estimate of drug-likeness (QED) is 0.697. The van der Waals surface area contributed by atoms with E-state index in [1.54, 1.807) is 12.3 Å². The van der Waals surface area contributed by atoms with Crippen molar-refractivity contribution in [2.45, 2.75) is 12.6 Å². The maximum atomic E-state index is 12.0. The molecule has 6 heteroatoms. The van der Waals surface area contributed by atoms with Gasteiger partial charge in [-0.25, -0.2) is 0 Å². The molecule has 0 aliphatic carbocycles. The first-order chi connectivity index (χ1) is 5.55. The summed E-state index contributed by atoms with van der Waals surface area (Å²) in [4.78, 5) is 0. The maximum Gasteiger partial charge on any atom is 0.420 e. The molecule has 0 fully saturated rings. The van der Waals surface area contributed by atoms with Crippen molar-refractivity contribution in [1.29, 1.82) is 5.26 Å². The van der Waals surface area contributed by atoms with E-state index in [9.17, 15) is 13.2 Å². The number of aromatic amines is 1. The number of H-pyrrole nitrogens is 1. The SMILES string of the molecule is N#CCc1[nH]n[c]c1C(F)(F)F. The third-order valence-corrected chi connectivity index (χ3v) is 1.20. The van der Waals surface area contributed by atoms with Crippen LogP contribution in [0.5, 0.6) is 0 Å². The van der Waals surface area contributed by atoms with Gasteiger partial charge in [0.2, 0.25) is 0 Å². The van der Waals surface area contributed by atoms with E-state index in [2.05, 4.69) is 10.2 Å². The summed E-state index contributed by atoms with van der Waals surface area (Å²) < 4.78 is 36.0. The zero-order valence-electron chi connectivity index (χ0n) is 5.74. The molecule has 0 aromatic carbocycles. The van der Waals surface area contributed by atoms with Gasteiger partial charge in [-0.05, 0) is 0 Å². The van der Waals surface area contributed by atoms with E-state index in [0.717, 1.165) is 0 Å². The monoisotopic (exact) mass is 174 g/mol. The van der Waals surface area contributed by atoms with Crippen molar-refractivity contribution in [2.75, 3.05) is 0 Å². The predicted octanol–water partition coefficient (Wildman–Crippen LogP) is 1.29. The number of alkyl halides is 3. The van der Waals surface area contributed by atoms with Gasteiger partial charge in [-0.15, -0.1) is 0 Å². The van der Waals surface area contributed by atoms with Crippen LogP contribution in [0, 0.1) is 17.5 Å². The van der Waals surface area contributed by atoms with Gasteiger partial charge in [0.05, 0.1) is 18.2 Å². The highest BCUT2D eigenvalue weighted by Crippen LogP contribution is 2.30. The second-order valence-electron chi connectivity index (χ2n) is 2.02. The number of aromatic nitrogens is 2. The average Bonchev–Trinajstić information content (AvgIpc) is 2.34. The van der Waals surface area contributed by atoms with Gasteiger partial charge >= 0.3 is 6.18 Å². The first kappa shape index (κ1) is 8.59. The summed E-state index contributed by atoms with van der Waals surface area (Å²) in [6, 6.07) is 1.59. The van der Waals surface area contributed by atoms with Gasteiger partial charge in [0.1, 0.15) is 11.8 Å². The van der Waals surface area contributed by atoms with E-state index in [-0.39, 0.29) is 12.1 Å². The normalized spacial score (nSPS) is 11.2. The van der Waals surface area contributed by atoms with E-state index < -0.39 is 11.7 Å². The van der Waals surface area contributed by atoms with Crippen LogP contribution in [0.4, 0.5) is 13.2 Å². The van der Waals surface area contributed by atoms with Crippen molar-refractivity contribution in [3.8, 4) is 6.07 Å². The lowest BCUT2D eigenvalue weighted by molar-refractivity contribution is -0.138. The molecule has 0 aliphatic rings. The molecule has 1 aromatic rings. The molecule has 0 unspecified atom stereocenters. The fraction of sp³-hybridized carbons (Fsp3) is 0.333. The third kappa shape index (κ3) is 1.56. The number of hydrogen-bond acceptors (Lipinski definition) is 2. The van der Waals surface area contributed by atoms with Gasteiger partial charge in [0, 0.05) is 0 Å². The summed E-state index contributed by atoms with van der Waals surface area (Å²) >= 11 is 0. The predicted molar refractivity (Wildman–Crippen MR) is 31.7 cm³/mol. The summed E-state index contributed by atoms with van der Waals surface area (Å²) in [6.45, 7) is 0. The Morgan fingerprint density at radius 3 is 2.75 bits per heavy atom. The zero-order chi connectivity index (χ0) is 9.19. The molecular weight excluding hydrogens is 171 g/mol. The van der Waals surface area contributed by atoms with Crippen LogP contribution in [0.3, 0.4) is 0 Å². The minimum atomic E-state index is -4.49. The van der Waals surface area contributed by atoms with E-state index in [1.807, 2.05) is 0 Å². The van der Waals surface area contributed by atoms with Crippen molar-refractivity contribution < 1.29 is 13.2 Å². The topological polar surface area (TPSA) is 52.5 Å². The van der Waals surface area contributed by atoms with E-state index in [4.69, 9.17) is 5.26 Å². The summed E-state index contributed by atoms with van der Waals surface area (Å²) in [5.41, 5.74) is -1.24. The summed E-state index contributed by atoms with van der Waals surface area (Å²) in [5.74, 6) is 0. The van der Waals surface area contributed by atoms with Gasteiger partial charge in [-0.2, -0.15) is 23.5 Å². The van der Waals surface area contributed by atoms with E-state index in [1.165, 1.54) is 0 Å². The Morgan fingerprint density at radius 1 is 1.58 bits per heavy atom. The number of halogens is 3. The lowest BCUT2D eigenvalue weighted by Gasteiger charge is -2.02. The van der Waals surface area contributed by atoms with Crippen LogP contribution in [-0.2, 0) is 12.6 Å². The minimum absolute atomic E-state index is 0.245. The summed E-state index contributed by atoms with van der Waals surface area (Å²) in [7, 11) is 0. The Kier molecular flexibility index (Phi) is 2.04. The molecule has 12 heavy (non-hydrogen) atoms. The van der Waals surface area contributed by atoms with Crippen LogP contribution in [0.15, 0.2) is 0 Å². The Bertz CT molecular complexity index is 307. The van der Waals surface area contributed by atoms with Gasteiger partial charge in [0.25, 0.3) is 0 Å². The molecule has 0 amide bonds. The second kappa shape index (κ2) is 2.85. The Morgan fingerprint density at radius 2 is 2.25 bits per heavy atom. The standard InChI is InChI=1S/C6H3F3N3/c7-6(8,9)4-3-11-12-5(4)1-2-10/h1H2,(H,11,12). The van der Waals surface area contributed by atoms with Crippen molar-refractivity contribution in [3.05, 3.63) is 17.5 Å². The zero-order valence-corrected chi connectivity index (χ0v) is 5.74. The number of hydrogen-bond donors (Lipinski definition) is 1. The molecule has 0 atom stereocenters. The lowest BCUT2D eigenvalue weighted by atomic mass is 10.2. The van der Waals surface area contributed by atoms with Gasteiger partial charge in [-0.3, -0.25) is 5.10 Å².